The van der Waals surface area contributed by atoms with Gasteiger partial charge in [-0.2, -0.15) is 0 Å². The minimum atomic E-state index is -0.719. The highest BCUT2D eigenvalue weighted by Crippen LogP contribution is 2.26. The number of carboxylic acids is 1. The summed E-state index contributed by atoms with van der Waals surface area (Å²) in [5, 5.41) is 8.71. The molecule has 2 atom stereocenters. The number of carbonyl (C=O) groups is 2. The van der Waals surface area contributed by atoms with Crippen LogP contribution in [0.15, 0.2) is 0 Å². The lowest BCUT2D eigenvalue weighted by molar-refractivity contribution is -0.137. The monoisotopic (exact) mass is 282 g/mol. The molecule has 0 aromatic carbocycles. The molecule has 0 saturated carbocycles. The van der Waals surface area contributed by atoms with Gasteiger partial charge in [0.1, 0.15) is 0 Å². The molecule has 2 aliphatic rings. The molecule has 114 valence electrons. The largest absolute Gasteiger partial charge is 0.481 e. The molecule has 0 aromatic rings. The summed E-state index contributed by atoms with van der Waals surface area (Å²) in [5.41, 5.74) is 0. The highest BCUT2D eigenvalue weighted by molar-refractivity contribution is 5.75. The Morgan fingerprint density at radius 1 is 1.05 bits per heavy atom. The lowest BCUT2D eigenvalue weighted by atomic mass is 9.92. The first-order chi connectivity index (χ1) is 9.47. The highest BCUT2D eigenvalue weighted by Gasteiger charge is 2.33. The van der Waals surface area contributed by atoms with E-state index in [1.807, 2.05) is 9.80 Å². The second kappa shape index (κ2) is 6.46. The first kappa shape index (κ1) is 15.1. The molecular formula is C15H26N2O3. The molecule has 2 unspecified atom stereocenters. The van der Waals surface area contributed by atoms with Crippen LogP contribution >= 0.6 is 0 Å². The van der Waals surface area contributed by atoms with Crippen molar-refractivity contribution in [1.82, 2.24) is 9.80 Å². The van der Waals surface area contributed by atoms with E-state index in [0.717, 1.165) is 45.4 Å². The van der Waals surface area contributed by atoms with Crippen LogP contribution in [0.2, 0.25) is 0 Å². The van der Waals surface area contributed by atoms with E-state index in [2.05, 4.69) is 13.8 Å². The van der Waals surface area contributed by atoms with Gasteiger partial charge in [0.05, 0.1) is 0 Å². The number of carbonyl (C=O) groups excluding carboxylic acids is 1. The van der Waals surface area contributed by atoms with Gasteiger partial charge < -0.3 is 14.9 Å². The molecular weight excluding hydrogens is 256 g/mol. The standard InChI is InChI=1S/C15H26N2O3/c1-11-9-17(10-12(11)2)15(20)16-7-5-13(6-8-16)3-4-14(18)19/h11-13H,3-10H2,1-2H3,(H,18,19). The molecule has 2 amide bonds. The van der Waals surface area contributed by atoms with Crippen LogP contribution in [0, 0.1) is 17.8 Å². The molecule has 2 fully saturated rings. The summed E-state index contributed by atoms with van der Waals surface area (Å²) in [5.74, 6) is 0.925. The number of aliphatic carboxylic acids is 1. The number of rotatable bonds is 3. The number of hydrogen-bond donors (Lipinski definition) is 1. The molecule has 0 radical (unpaired) electrons. The van der Waals surface area contributed by atoms with Crippen molar-refractivity contribution >= 4 is 12.0 Å². The molecule has 0 bridgehead atoms. The maximum atomic E-state index is 12.4. The average molecular weight is 282 g/mol. The fourth-order valence-electron chi connectivity index (χ4n) is 3.23. The number of piperidine rings is 1. The van der Waals surface area contributed by atoms with Crippen LogP contribution in [0.25, 0.3) is 0 Å². The lowest BCUT2D eigenvalue weighted by Gasteiger charge is -2.34. The molecule has 1 N–H and O–H groups in total. The van der Waals surface area contributed by atoms with Gasteiger partial charge in [0.15, 0.2) is 0 Å². The van der Waals surface area contributed by atoms with Crippen molar-refractivity contribution < 1.29 is 14.7 Å². The van der Waals surface area contributed by atoms with E-state index < -0.39 is 5.97 Å². The highest BCUT2D eigenvalue weighted by atomic mass is 16.4. The molecule has 0 aliphatic carbocycles. The molecule has 2 aliphatic heterocycles. The zero-order valence-electron chi connectivity index (χ0n) is 12.5. The SMILES string of the molecule is CC1CN(C(=O)N2CCC(CCC(=O)O)CC2)CC1C. The van der Waals surface area contributed by atoms with Crippen LogP contribution in [-0.4, -0.2) is 53.1 Å². The molecule has 20 heavy (non-hydrogen) atoms. The third kappa shape index (κ3) is 3.64. The zero-order chi connectivity index (χ0) is 14.7. The van der Waals surface area contributed by atoms with E-state index >= 15 is 0 Å². The summed E-state index contributed by atoms with van der Waals surface area (Å²) in [6, 6.07) is 0.179. The van der Waals surface area contributed by atoms with Gasteiger partial charge in [-0.25, -0.2) is 4.79 Å². The Labute approximate surface area is 120 Å². The third-order valence-corrected chi connectivity index (χ3v) is 4.91. The van der Waals surface area contributed by atoms with E-state index in [9.17, 15) is 9.59 Å². The first-order valence-corrected chi connectivity index (χ1v) is 7.73. The maximum absolute atomic E-state index is 12.4. The normalized spacial score (nSPS) is 27.9. The van der Waals surface area contributed by atoms with Crippen molar-refractivity contribution in [3.63, 3.8) is 0 Å². The summed E-state index contributed by atoms with van der Waals surface area (Å²) in [6.07, 6.45) is 2.88. The van der Waals surface area contributed by atoms with Crippen molar-refractivity contribution in [3.05, 3.63) is 0 Å². The van der Waals surface area contributed by atoms with Crippen LogP contribution in [0.1, 0.15) is 39.5 Å². The Balaban J connectivity index is 1.76. The maximum Gasteiger partial charge on any atom is 0.320 e. The Morgan fingerprint density at radius 3 is 2.10 bits per heavy atom. The fraction of sp³-hybridized carbons (Fsp3) is 0.867. The van der Waals surface area contributed by atoms with Gasteiger partial charge in [-0.15, -0.1) is 0 Å². The summed E-state index contributed by atoms with van der Waals surface area (Å²) in [4.78, 5) is 26.9. The molecule has 2 rings (SSSR count). The Bertz CT molecular complexity index is 354. The smallest absolute Gasteiger partial charge is 0.320 e. The molecule has 0 aromatic heterocycles. The lowest BCUT2D eigenvalue weighted by Crippen LogP contribution is -2.46. The zero-order valence-corrected chi connectivity index (χ0v) is 12.5. The quantitative estimate of drug-likeness (QED) is 0.863. The number of hydrogen-bond acceptors (Lipinski definition) is 2. The van der Waals surface area contributed by atoms with Crippen molar-refractivity contribution in [2.45, 2.75) is 39.5 Å². The molecule has 2 saturated heterocycles. The number of nitrogens with zero attached hydrogens (tertiary/aromatic N) is 2. The first-order valence-electron chi connectivity index (χ1n) is 7.73. The van der Waals surface area contributed by atoms with Gasteiger partial charge in [0, 0.05) is 32.6 Å². The topological polar surface area (TPSA) is 60.9 Å². The number of urea groups is 1. The number of carboxylic acid groups (broad SMARTS) is 1. The summed E-state index contributed by atoms with van der Waals surface area (Å²) >= 11 is 0. The average Bonchev–Trinajstić information content (AvgIpc) is 2.76. The summed E-state index contributed by atoms with van der Waals surface area (Å²) < 4.78 is 0. The van der Waals surface area contributed by atoms with Crippen LogP contribution in [0.4, 0.5) is 4.79 Å². The predicted octanol–water partition coefficient (Wildman–Crippen LogP) is 2.27. The fourth-order valence-corrected chi connectivity index (χ4v) is 3.23. The van der Waals surface area contributed by atoms with E-state index in [0.29, 0.717) is 17.8 Å². The van der Waals surface area contributed by atoms with E-state index in [-0.39, 0.29) is 12.5 Å². The second-order valence-electron chi connectivity index (χ2n) is 6.50. The summed E-state index contributed by atoms with van der Waals surface area (Å²) in [7, 11) is 0. The van der Waals surface area contributed by atoms with E-state index in [1.165, 1.54) is 0 Å². The third-order valence-electron chi connectivity index (χ3n) is 4.91. The van der Waals surface area contributed by atoms with Crippen LogP contribution in [0.3, 0.4) is 0 Å². The number of amides is 2. The van der Waals surface area contributed by atoms with Crippen LogP contribution < -0.4 is 0 Å². The van der Waals surface area contributed by atoms with E-state index in [4.69, 9.17) is 5.11 Å². The second-order valence-corrected chi connectivity index (χ2v) is 6.50. The van der Waals surface area contributed by atoms with Crippen molar-refractivity contribution in [2.75, 3.05) is 26.2 Å². The van der Waals surface area contributed by atoms with Crippen molar-refractivity contribution in [1.29, 1.82) is 0 Å². The molecule has 5 nitrogen and oxygen atoms in total. The number of likely N-dealkylation sites (tertiary alicyclic amines) is 2. The summed E-state index contributed by atoms with van der Waals surface area (Å²) in [6.45, 7) is 7.72. The molecule has 5 heteroatoms. The van der Waals surface area contributed by atoms with Gasteiger partial charge >= 0.3 is 12.0 Å². The van der Waals surface area contributed by atoms with Gasteiger partial charge in [-0.05, 0) is 37.0 Å². The predicted molar refractivity (Wildman–Crippen MR) is 76.5 cm³/mol. The van der Waals surface area contributed by atoms with Crippen LogP contribution in [-0.2, 0) is 4.79 Å². The Morgan fingerprint density at radius 2 is 1.60 bits per heavy atom. The minimum absolute atomic E-state index is 0.179. The van der Waals surface area contributed by atoms with Gasteiger partial charge in [-0.3, -0.25) is 4.79 Å². The Hall–Kier alpha value is -1.26. The van der Waals surface area contributed by atoms with Crippen molar-refractivity contribution in [3.8, 4) is 0 Å². The van der Waals surface area contributed by atoms with Gasteiger partial charge in [0.25, 0.3) is 0 Å². The van der Waals surface area contributed by atoms with Crippen molar-refractivity contribution in [2.24, 2.45) is 17.8 Å². The van der Waals surface area contributed by atoms with Gasteiger partial charge in [-0.1, -0.05) is 13.8 Å². The Kier molecular flexibility index (Phi) is 4.89. The van der Waals surface area contributed by atoms with Crippen LogP contribution in [0.5, 0.6) is 0 Å². The van der Waals surface area contributed by atoms with E-state index in [1.54, 1.807) is 0 Å². The van der Waals surface area contributed by atoms with Gasteiger partial charge in [0.2, 0.25) is 0 Å². The molecule has 0 spiro atoms. The molecule has 2 heterocycles. The minimum Gasteiger partial charge on any atom is -0.481 e.